The summed E-state index contributed by atoms with van der Waals surface area (Å²) in [5.74, 6) is -2.10. The Hall–Kier alpha value is -1.95. The predicted molar refractivity (Wildman–Crippen MR) is 311 cm³/mol. The molecule has 6 saturated heterocycles. The summed E-state index contributed by atoms with van der Waals surface area (Å²) < 4.78 is 72.0. The maximum atomic E-state index is 15.7. The minimum absolute atomic E-state index is 0.0754. The first-order valence-electron chi connectivity index (χ1n) is 33.0. The van der Waals surface area contributed by atoms with Crippen molar-refractivity contribution in [3.8, 4) is 0 Å². The number of carbonyl (C=O) groups excluding carboxylic acids is 1. The Morgan fingerprint density at radius 2 is 1.11 bits per heavy atom. The normalized spacial score (nSPS) is 55.8. The van der Waals surface area contributed by atoms with Crippen LogP contribution in [-0.4, -0.2) is 315 Å². The molecule has 10 fully saturated rings. The van der Waals surface area contributed by atoms with Crippen molar-refractivity contribution >= 4 is 5.97 Å². The number of aliphatic hydroxyl groups excluding tert-OH is 16. The monoisotopic (exact) mass is 1350 g/mol. The molecule has 0 unspecified atom stereocenters. The Kier molecular flexibility index (Phi) is 20.6. The molecular formula is C63H102O31. The fourth-order valence-electron chi connectivity index (χ4n) is 18.9. The molecule has 0 aromatic carbocycles. The first-order chi connectivity index (χ1) is 44.0. The Morgan fingerprint density at radius 1 is 0.532 bits per heavy atom. The summed E-state index contributed by atoms with van der Waals surface area (Å²) in [5.41, 5.74) is -8.55. The third-order valence-corrected chi connectivity index (χ3v) is 24.6. The summed E-state index contributed by atoms with van der Waals surface area (Å²) in [4.78, 5) is 15.7. The van der Waals surface area contributed by atoms with E-state index >= 15 is 4.79 Å². The topological polar surface area (TPSA) is 492 Å². The van der Waals surface area contributed by atoms with Gasteiger partial charge in [-0.1, -0.05) is 53.2 Å². The van der Waals surface area contributed by atoms with Crippen LogP contribution in [0.15, 0.2) is 11.6 Å². The SMILES string of the molecule is C[C@@H]1O[C@@H](OC(=O)[C@]23CCC(C)(C)C[C@H]2C2=CC[C@@H]4[C@@]5(C)C[C@H](O)[C@H](O[C@@H]6O[C@H](CO)[C@@H](O)[C@H](O)[C@H]6O)[C@@](C)(CO)[C@@H]5[C@H](O)C[C@@]4(C)[C@]2(C)CC3)[C@H](O[C@@H]2O[C@@H](C)[C@H](O[C@@H]3OC[C@@H](O)[C@H](O[C@@H]4OC[C@](O)(CO)[C@H]4O)[C@H]3O)[C@@H](O[C@@H]3OC[C@](O)(CO)[C@H]3O)[C@H]2O)[C@H](O)[C@H]1O. The lowest BCUT2D eigenvalue weighted by molar-refractivity contribution is -0.386. The molecule has 31 nitrogen and oxygen atoms in total. The molecule has 31 heteroatoms. The quantitative estimate of drug-likeness (QED) is 0.0389. The molecule has 0 radical (unpaired) electrons. The van der Waals surface area contributed by atoms with E-state index in [0.717, 1.165) is 5.57 Å². The highest BCUT2D eigenvalue weighted by molar-refractivity contribution is 5.79. The van der Waals surface area contributed by atoms with Gasteiger partial charge in [-0.2, -0.15) is 0 Å². The number of fused-ring (bicyclic) bond motifs is 7. The third kappa shape index (κ3) is 11.9. The molecule has 6 heterocycles. The van der Waals surface area contributed by atoms with Crippen molar-refractivity contribution in [2.75, 3.05) is 46.2 Å². The number of carbonyl (C=O) groups is 1. The van der Waals surface area contributed by atoms with Crippen LogP contribution >= 0.6 is 0 Å². The Bertz CT molecular complexity index is 2700. The van der Waals surface area contributed by atoms with Crippen molar-refractivity contribution in [3.05, 3.63) is 11.6 Å². The van der Waals surface area contributed by atoms with Crippen LogP contribution < -0.4 is 0 Å². The molecule has 5 aliphatic carbocycles. The zero-order valence-corrected chi connectivity index (χ0v) is 54.3. The van der Waals surface area contributed by atoms with E-state index < -0.39 is 262 Å². The maximum absolute atomic E-state index is 15.7. The third-order valence-electron chi connectivity index (χ3n) is 24.6. The van der Waals surface area contributed by atoms with Gasteiger partial charge < -0.3 is 149 Å². The zero-order chi connectivity index (χ0) is 68.7. The highest BCUT2D eigenvalue weighted by atomic mass is 16.8. The van der Waals surface area contributed by atoms with E-state index in [1.807, 2.05) is 6.92 Å². The second-order valence-electron chi connectivity index (χ2n) is 30.9. The van der Waals surface area contributed by atoms with Gasteiger partial charge in [0.05, 0.1) is 82.2 Å². The standard InChI is InChI=1S/C63H102O31/c1-25-34(71)37(74)44(92-51-40(77)43(91-54-47(79)63(82,22-67)24-85-54)41(26(2)87-51)89-49-39(76)42(31(70)19-83-49)90-53-46(78)62(81,21-66)23-84-53)52(86-25)94-55(80)61-13-11-56(3,4)15-28(61)27-9-10-33-57(5)16-30(69)48(93-50-38(75)36(73)35(72)32(18-64)88-50)58(6,20-65)45(57)29(68)17-60(33,8)59(27,7)12-14-61/h9,25-26,28-54,64-79,81-82H,10-24H2,1-8H3/t25-,26-,28-,29+,30-,31+,32+,33+,34-,35+,36-,37+,38+,39+,40+,41-,42-,43-,44+,45+,46-,47-,48-,49-,50-,51-,52-,53-,54-,57+,58-,59+,60+,61-,62+,63+/m0/s1. The summed E-state index contributed by atoms with van der Waals surface area (Å²) in [5, 5.41) is 200. The number of aliphatic hydroxyl groups is 18. The van der Waals surface area contributed by atoms with Gasteiger partial charge in [-0.05, 0) is 98.7 Å². The molecule has 4 saturated carbocycles. The highest BCUT2D eigenvalue weighted by Crippen LogP contribution is 2.76. The highest BCUT2D eigenvalue weighted by Gasteiger charge is 2.74. The van der Waals surface area contributed by atoms with Crippen LogP contribution in [-0.2, 0) is 61.6 Å². The average Bonchev–Trinajstić information content (AvgIpc) is 0.689. The van der Waals surface area contributed by atoms with E-state index in [-0.39, 0.29) is 30.6 Å². The van der Waals surface area contributed by atoms with Gasteiger partial charge >= 0.3 is 5.97 Å². The molecular weight excluding hydrogens is 1250 g/mol. The Balaban J connectivity index is 0.848. The van der Waals surface area contributed by atoms with Crippen LogP contribution in [0.2, 0.25) is 0 Å². The van der Waals surface area contributed by atoms with Crippen LogP contribution in [0.25, 0.3) is 0 Å². The summed E-state index contributed by atoms with van der Waals surface area (Å²) in [6.45, 7) is 10.2. The second kappa shape index (κ2) is 26.5. The zero-order valence-electron chi connectivity index (χ0n) is 54.3. The van der Waals surface area contributed by atoms with Crippen molar-refractivity contribution in [1.29, 1.82) is 0 Å². The lowest BCUT2D eigenvalue weighted by Gasteiger charge is -2.72. The summed E-state index contributed by atoms with van der Waals surface area (Å²) in [7, 11) is 0. The van der Waals surface area contributed by atoms with Crippen molar-refractivity contribution in [2.45, 2.75) is 278 Å². The number of hydrogen-bond acceptors (Lipinski definition) is 31. The van der Waals surface area contributed by atoms with E-state index in [1.165, 1.54) is 13.8 Å². The molecule has 0 aromatic rings. The Morgan fingerprint density at radius 3 is 1.71 bits per heavy atom. The van der Waals surface area contributed by atoms with Gasteiger partial charge in [0.1, 0.15) is 96.7 Å². The van der Waals surface area contributed by atoms with Crippen LogP contribution in [0.1, 0.15) is 107 Å². The fourth-order valence-corrected chi connectivity index (χ4v) is 18.9. The van der Waals surface area contributed by atoms with Crippen molar-refractivity contribution < 1.29 is 154 Å². The van der Waals surface area contributed by atoms with Gasteiger partial charge in [0.15, 0.2) is 37.6 Å². The van der Waals surface area contributed by atoms with Gasteiger partial charge in [-0.25, -0.2) is 0 Å². The molecule has 18 N–H and O–H groups in total. The van der Waals surface area contributed by atoms with Crippen LogP contribution in [0.5, 0.6) is 0 Å². The molecule has 0 spiro atoms. The number of esters is 1. The first kappa shape index (κ1) is 73.3. The van der Waals surface area contributed by atoms with Crippen molar-refractivity contribution in [3.63, 3.8) is 0 Å². The first-order valence-corrected chi connectivity index (χ1v) is 33.0. The second-order valence-corrected chi connectivity index (χ2v) is 30.9. The van der Waals surface area contributed by atoms with Crippen LogP contribution in [0.3, 0.4) is 0 Å². The number of rotatable bonds is 16. The van der Waals surface area contributed by atoms with Crippen LogP contribution in [0.4, 0.5) is 0 Å². The minimum Gasteiger partial charge on any atom is -0.432 e. The van der Waals surface area contributed by atoms with Gasteiger partial charge in [0, 0.05) is 11.3 Å². The minimum atomic E-state index is -2.24. The number of hydrogen-bond donors (Lipinski definition) is 18. The lowest BCUT2D eigenvalue weighted by atomic mass is 9.33. The molecule has 0 amide bonds. The number of ether oxygens (including phenoxy) is 12. The van der Waals surface area contributed by atoms with Gasteiger partial charge in [0.2, 0.25) is 6.29 Å². The maximum Gasteiger partial charge on any atom is 0.315 e. The summed E-state index contributed by atoms with van der Waals surface area (Å²) in [6.07, 6.45) is -37.8. The molecule has 36 atom stereocenters. The fraction of sp³-hybridized carbons (Fsp3) is 0.952. The van der Waals surface area contributed by atoms with Gasteiger partial charge in [0.25, 0.3) is 0 Å². The van der Waals surface area contributed by atoms with Crippen LogP contribution in [0, 0.1) is 50.2 Å². The molecule has 11 aliphatic rings. The number of allylic oxidation sites excluding steroid dienone is 2. The summed E-state index contributed by atoms with van der Waals surface area (Å²) >= 11 is 0. The van der Waals surface area contributed by atoms with E-state index in [2.05, 4.69) is 33.8 Å². The van der Waals surface area contributed by atoms with E-state index in [0.29, 0.717) is 32.1 Å². The molecule has 540 valence electrons. The molecule has 11 rings (SSSR count). The predicted octanol–water partition coefficient (Wildman–Crippen LogP) is -5.50. The Labute approximate surface area is 543 Å². The average molecular weight is 1360 g/mol. The molecule has 6 aliphatic heterocycles. The van der Waals surface area contributed by atoms with E-state index in [4.69, 9.17) is 56.8 Å². The van der Waals surface area contributed by atoms with Crippen molar-refractivity contribution in [2.24, 2.45) is 50.2 Å². The molecule has 94 heavy (non-hydrogen) atoms. The van der Waals surface area contributed by atoms with E-state index in [9.17, 15) is 91.9 Å². The molecule has 0 bridgehead atoms. The van der Waals surface area contributed by atoms with Gasteiger partial charge in [-0.15, -0.1) is 0 Å². The largest absolute Gasteiger partial charge is 0.432 e. The molecule has 0 aromatic heterocycles. The lowest BCUT2D eigenvalue weighted by Crippen LogP contribution is -2.72. The van der Waals surface area contributed by atoms with Gasteiger partial charge in [-0.3, -0.25) is 4.79 Å². The summed E-state index contributed by atoms with van der Waals surface area (Å²) in [6, 6.07) is 0. The smallest absolute Gasteiger partial charge is 0.315 e. The van der Waals surface area contributed by atoms with E-state index in [1.54, 1.807) is 6.92 Å². The van der Waals surface area contributed by atoms with Crippen molar-refractivity contribution in [1.82, 2.24) is 0 Å².